The molecule has 2 atom stereocenters. The summed E-state index contributed by atoms with van der Waals surface area (Å²) in [5.41, 5.74) is -2.92. The summed E-state index contributed by atoms with van der Waals surface area (Å²) in [6.07, 6.45) is -0.0538. The topological polar surface area (TPSA) is 161 Å². The van der Waals surface area contributed by atoms with Crippen LogP contribution in [0.4, 0.5) is 0 Å². The zero-order valence-corrected chi connectivity index (χ0v) is 14.0. The minimum Gasteiger partial charge on any atom is -0.461 e. The highest BCUT2D eigenvalue weighted by atomic mass is 17.2. The smallest absolute Gasteiger partial charge is 0.335 e. The molecule has 0 bridgehead atoms. The predicted octanol–water partition coefficient (Wildman–Crippen LogP) is 1.78. The summed E-state index contributed by atoms with van der Waals surface area (Å²) in [6.45, 7) is 4.26. The summed E-state index contributed by atoms with van der Waals surface area (Å²) < 4.78 is 9.76. The molecule has 12 nitrogen and oxygen atoms in total. The zero-order valence-electron chi connectivity index (χ0n) is 14.0. The normalized spacial score (nSPS) is 16.6. The molecule has 0 rings (SSSR count). The average Bonchev–Trinajstić information content (AvgIpc) is 2.56. The number of esters is 1. The van der Waals surface area contributed by atoms with Crippen molar-refractivity contribution in [1.82, 2.24) is 0 Å². The van der Waals surface area contributed by atoms with Gasteiger partial charge in [-0.3, -0.25) is 4.79 Å². The quantitative estimate of drug-likeness (QED) is 0.177. The van der Waals surface area contributed by atoms with Crippen molar-refractivity contribution in [1.29, 1.82) is 0 Å². The zero-order chi connectivity index (χ0) is 18.6. The average molecular weight is 350 g/mol. The van der Waals surface area contributed by atoms with E-state index >= 15 is 0 Å². The molecule has 0 amide bonds. The molecule has 0 saturated carbocycles. The number of hydrogen-bond acceptors (Lipinski definition) is 12. The molecule has 2 N–H and O–H groups in total. The number of methoxy groups -OCH3 is 1. The number of Topliss-reactive ketones (excluding diaryl/α,β-unsaturated/α-hetero) is 1. The van der Waals surface area contributed by atoms with Crippen molar-refractivity contribution in [2.24, 2.45) is 20.8 Å². The van der Waals surface area contributed by atoms with E-state index in [1.165, 1.54) is 27.9 Å². The summed E-state index contributed by atoms with van der Waals surface area (Å²) in [5, 5.41) is 29.5. The van der Waals surface area contributed by atoms with Crippen molar-refractivity contribution in [3.8, 4) is 0 Å². The predicted molar refractivity (Wildman–Crippen MR) is 76.7 cm³/mol. The Morgan fingerprint density at radius 3 is 1.92 bits per heavy atom. The molecule has 138 valence electrons. The van der Waals surface area contributed by atoms with Crippen LogP contribution in [0.25, 0.3) is 0 Å². The summed E-state index contributed by atoms with van der Waals surface area (Å²) in [4.78, 5) is 30.9. The number of ether oxygens (including phenoxy) is 2. The van der Waals surface area contributed by atoms with Crippen LogP contribution in [-0.2, 0) is 29.0 Å². The molecular formula is C12H22N4O8. The number of ketones is 1. The fourth-order valence-corrected chi connectivity index (χ4v) is 1.57. The van der Waals surface area contributed by atoms with Gasteiger partial charge in [0.05, 0.1) is 17.2 Å². The van der Waals surface area contributed by atoms with Crippen LogP contribution in [0.1, 0.15) is 33.6 Å². The van der Waals surface area contributed by atoms with Gasteiger partial charge in [-0.1, -0.05) is 0 Å². The molecule has 0 heterocycles. The van der Waals surface area contributed by atoms with E-state index in [1.54, 1.807) is 0 Å². The Morgan fingerprint density at radius 1 is 0.958 bits per heavy atom. The van der Waals surface area contributed by atoms with Gasteiger partial charge in [-0.15, -0.1) is 10.2 Å². The highest BCUT2D eigenvalue weighted by molar-refractivity contribution is 5.86. The van der Waals surface area contributed by atoms with Crippen molar-refractivity contribution in [2.45, 2.75) is 44.7 Å². The first-order chi connectivity index (χ1) is 11.3. The monoisotopic (exact) mass is 350 g/mol. The molecule has 0 aromatic carbocycles. The number of hydrogen-bond donors (Lipinski definition) is 2. The van der Waals surface area contributed by atoms with E-state index < -0.39 is 17.0 Å². The van der Waals surface area contributed by atoms with Gasteiger partial charge < -0.3 is 9.47 Å². The first-order valence-electron chi connectivity index (χ1n) is 6.88. The fourth-order valence-electron chi connectivity index (χ4n) is 1.57. The first kappa shape index (κ1) is 21.8. The maximum Gasteiger partial charge on any atom is 0.335 e. The van der Waals surface area contributed by atoms with Gasteiger partial charge in [0, 0.05) is 7.11 Å². The Labute approximate surface area is 138 Å². The van der Waals surface area contributed by atoms with Crippen molar-refractivity contribution in [3.63, 3.8) is 0 Å². The number of carbonyl (C=O) groups is 2. The molecule has 24 heavy (non-hydrogen) atoms. The third-order valence-corrected chi connectivity index (χ3v) is 3.41. The van der Waals surface area contributed by atoms with Gasteiger partial charge in [-0.2, -0.15) is 10.5 Å². The van der Waals surface area contributed by atoms with E-state index in [9.17, 15) is 9.59 Å². The van der Waals surface area contributed by atoms with Crippen LogP contribution in [-0.4, -0.2) is 53.7 Å². The van der Waals surface area contributed by atoms with Crippen molar-refractivity contribution >= 4 is 11.8 Å². The Balaban J connectivity index is 5.18. The fraction of sp³-hybridized carbons (Fsp3) is 0.833. The maximum atomic E-state index is 12.2. The first-order valence-corrected chi connectivity index (χ1v) is 6.88. The van der Waals surface area contributed by atoms with Gasteiger partial charge in [0.25, 0.3) is 0 Å². The third kappa shape index (κ3) is 6.93. The third-order valence-electron chi connectivity index (χ3n) is 3.41. The molecule has 0 saturated heterocycles. The SMILES string of the molecule is COCCOC(=O)C(C)(CCC(C)(N=NOO)C(C)=O)N=NOO. The Morgan fingerprint density at radius 2 is 1.46 bits per heavy atom. The van der Waals surface area contributed by atoms with E-state index in [0.29, 0.717) is 0 Å². The minimum absolute atomic E-state index is 0.00444. The molecule has 0 aromatic rings. The van der Waals surface area contributed by atoms with Crippen LogP contribution in [0.2, 0.25) is 0 Å². The lowest BCUT2D eigenvalue weighted by Gasteiger charge is -2.26. The van der Waals surface area contributed by atoms with E-state index in [4.69, 9.17) is 20.0 Å². The van der Waals surface area contributed by atoms with Crippen molar-refractivity contribution in [2.75, 3.05) is 20.3 Å². The van der Waals surface area contributed by atoms with Crippen LogP contribution < -0.4 is 0 Å². The summed E-state index contributed by atoms with van der Waals surface area (Å²) in [5.74, 6) is -1.14. The molecule has 0 aliphatic heterocycles. The van der Waals surface area contributed by atoms with Crippen LogP contribution in [0.15, 0.2) is 20.8 Å². The van der Waals surface area contributed by atoms with Crippen LogP contribution >= 0.6 is 0 Å². The van der Waals surface area contributed by atoms with Gasteiger partial charge in [0.2, 0.25) is 0 Å². The molecule has 0 aromatic heterocycles. The standard InChI is InChI=1S/C12H22N4O8/c1-9(17)11(2,13-15-23-19)5-6-12(3,14-16-24-20)10(18)22-8-7-21-4/h19-20H,5-8H2,1-4H3. The van der Waals surface area contributed by atoms with Gasteiger partial charge in [-0.25, -0.2) is 14.8 Å². The lowest BCUT2D eigenvalue weighted by atomic mass is 9.86. The molecule has 0 radical (unpaired) electrons. The summed E-state index contributed by atoms with van der Waals surface area (Å²) >= 11 is 0. The van der Waals surface area contributed by atoms with Gasteiger partial charge >= 0.3 is 5.97 Å². The second-order valence-corrected chi connectivity index (χ2v) is 5.26. The molecule has 0 fully saturated rings. The lowest BCUT2D eigenvalue weighted by Crippen LogP contribution is -2.40. The maximum absolute atomic E-state index is 12.2. The molecule has 2 unspecified atom stereocenters. The Bertz CT molecular complexity index is 472. The van der Waals surface area contributed by atoms with E-state index in [0.717, 1.165) is 0 Å². The lowest BCUT2D eigenvalue weighted by molar-refractivity contribution is -0.253. The minimum atomic E-state index is -1.55. The van der Waals surface area contributed by atoms with Crippen molar-refractivity contribution in [3.05, 3.63) is 0 Å². The highest BCUT2D eigenvalue weighted by Gasteiger charge is 2.40. The Kier molecular flexibility index (Phi) is 9.61. The van der Waals surface area contributed by atoms with Crippen LogP contribution in [0.3, 0.4) is 0 Å². The molecule has 0 aliphatic carbocycles. The van der Waals surface area contributed by atoms with E-state index in [-0.39, 0.29) is 31.8 Å². The van der Waals surface area contributed by atoms with Crippen molar-refractivity contribution < 1.29 is 39.6 Å². The number of rotatable bonds is 12. The highest BCUT2D eigenvalue weighted by Crippen LogP contribution is 2.28. The van der Waals surface area contributed by atoms with E-state index in [1.807, 2.05) is 0 Å². The summed E-state index contributed by atoms with van der Waals surface area (Å²) in [7, 11) is 1.44. The largest absolute Gasteiger partial charge is 0.461 e. The molecular weight excluding hydrogens is 328 g/mol. The number of nitrogens with zero attached hydrogens (tertiary/aromatic N) is 4. The van der Waals surface area contributed by atoms with Crippen LogP contribution in [0, 0.1) is 0 Å². The van der Waals surface area contributed by atoms with Gasteiger partial charge in [0.1, 0.15) is 12.1 Å². The van der Waals surface area contributed by atoms with Crippen LogP contribution in [0.5, 0.6) is 0 Å². The Hall–Kier alpha value is -2.18. The molecule has 0 spiro atoms. The second-order valence-electron chi connectivity index (χ2n) is 5.26. The van der Waals surface area contributed by atoms with Gasteiger partial charge in [0.15, 0.2) is 11.3 Å². The molecule has 0 aliphatic rings. The van der Waals surface area contributed by atoms with E-state index in [2.05, 4.69) is 30.8 Å². The molecule has 12 heteroatoms. The summed E-state index contributed by atoms with van der Waals surface area (Å²) in [6, 6.07) is 0. The van der Waals surface area contributed by atoms with Gasteiger partial charge in [-0.05, 0) is 33.6 Å². The second kappa shape index (κ2) is 10.6. The number of carbonyl (C=O) groups excluding carboxylic acids is 2.